The molecule has 0 aliphatic heterocycles. The Hall–Kier alpha value is -2.94. The Morgan fingerprint density at radius 1 is 1.10 bits per heavy atom. The number of nitrogens with zero attached hydrogens (tertiary/aromatic N) is 1. The first-order valence-electron chi connectivity index (χ1n) is 9.38. The van der Waals surface area contributed by atoms with Gasteiger partial charge in [0.2, 0.25) is 0 Å². The Morgan fingerprint density at radius 2 is 1.87 bits per heavy atom. The molecule has 0 spiro atoms. The number of aliphatic imine (C=N–C) groups is 1. The van der Waals surface area contributed by atoms with Gasteiger partial charge in [-0.1, -0.05) is 18.2 Å². The van der Waals surface area contributed by atoms with Crippen LogP contribution in [0.25, 0.3) is 0 Å². The molecule has 0 unspecified atom stereocenters. The van der Waals surface area contributed by atoms with Gasteiger partial charge in [-0.05, 0) is 30.7 Å². The van der Waals surface area contributed by atoms with Crippen molar-refractivity contribution in [3.63, 3.8) is 0 Å². The lowest BCUT2D eigenvalue weighted by molar-refractivity contribution is -0.0520. The molecule has 0 aromatic heterocycles. The van der Waals surface area contributed by atoms with E-state index in [-0.39, 0.29) is 30.5 Å². The summed E-state index contributed by atoms with van der Waals surface area (Å²) in [5.74, 6) is 0.346. The van der Waals surface area contributed by atoms with Gasteiger partial charge in [-0.25, -0.2) is 4.39 Å². The molecule has 2 aromatic rings. The van der Waals surface area contributed by atoms with E-state index in [1.165, 1.54) is 13.2 Å². The molecule has 9 heteroatoms. The summed E-state index contributed by atoms with van der Waals surface area (Å²) in [6, 6.07) is 9.69. The minimum Gasteiger partial charge on any atom is -0.490 e. The van der Waals surface area contributed by atoms with Crippen LogP contribution in [0.15, 0.2) is 41.4 Å². The zero-order valence-electron chi connectivity index (χ0n) is 17.2. The van der Waals surface area contributed by atoms with Crippen molar-refractivity contribution < 1.29 is 27.4 Å². The molecule has 0 aliphatic carbocycles. The van der Waals surface area contributed by atoms with E-state index in [1.807, 2.05) is 0 Å². The molecule has 0 saturated heterocycles. The number of benzene rings is 2. The number of ether oxygens (including phenoxy) is 3. The minimum atomic E-state index is -2.97. The molecule has 0 atom stereocenters. The zero-order chi connectivity index (χ0) is 21.9. The molecule has 0 amide bonds. The van der Waals surface area contributed by atoms with E-state index in [0.717, 1.165) is 5.56 Å². The van der Waals surface area contributed by atoms with E-state index in [1.54, 1.807) is 44.3 Å². The molecule has 2 rings (SSSR count). The van der Waals surface area contributed by atoms with E-state index in [4.69, 9.17) is 9.47 Å². The molecule has 2 aromatic carbocycles. The smallest absolute Gasteiger partial charge is 0.387 e. The van der Waals surface area contributed by atoms with Crippen LogP contribution in [0.1, 0.15) is 23.6 Å². The average Bonchev–Trinajstić information content (AvgIpc) is 2.72. The monoisotopic (exact) mass is 425 g/mol. The van der Waals surface area contributed by atoms with Crippen LogP contribution in [0.2, 0.25) is 0 Å². The number of rotatable bonds is 10. The van der Waals surface area contributed by atoms with E-state index >= 15 is 0 Å². The Labute approximate surface area is 174 Å². The molecule has 30 heavy (non-hydrogen) atoms. The molecular formula is C21H26F3N3O3. The lowest BCUT2D eigenvalue weighted by atomic mass is 10.1. The standard InChI is InChI=1S/C21H26F3N3O3/c1-4-29-18-7-5-6-15(19(18)30-20(23)24)12-27-21(25-2)26-11-14-8-9-17(22)16(10-14)13-28-3/h5-10,20H,4,11-13H2,1-3H3,(H2,25,26,27). The summed E-state index contributed by atoms with van der Waals surface area (Å²) in [4.78, 5) is 4.12. The van der Waals surface area contributed by atoms with Crippen molar-refractivity contribution >= 4 is 5.96 Å². The van der Waals surface area contributed by atoms with Crippen molar-refractivity contribution in [1.82, 2.24) is 10.6 Å². The Bertz CT molecular complexity index is 847. The van der Waals surface area contributed by atoms with E-state index in [0.29, 0.717) is 30.2 Å². The van der Waals surface area contributed by atoms with Gasteiger partial charge in [0, 0.05) is 38.4 Å². The number of methoxy groups -OCH3 is 1. The second kappa shape index (κ2) is 11.9. The van der Waals surface area contributed by atoms with Gasteiger partial charge in [0.05, 0.1) is 13.2 Å². The molecule has 0 fully saturated rings. The average molecular weight is 425 g/mol. The van der Waals surface area contributed by atoms with Crippen molar-refractivity contribution in [2.75, 3.05) is 20.8 Å². The summed E-state index contributed by atoms with van der Waals surface area (Å²) < 4.78 is 54.5. The Balaban J connectivity index is 2.04. The van der Waals surface area contributed by atoms with E-state index < -0.39 is 6.61 Å². The molecule has 164 valence electrons. The molecule has 0 aliphatic rings. The van der Waals surface area contributed by atoms with Gasteiger partial charge in [0.15, 0.2) is 17.5 Å². The third kappa shape index (κ3) is 6.84. The van der Waals surface area contributed by atoms with Gasteiger partial charge in [-0.3, -0.25) is 4.99 Å². The van der Waals surface area contributed by atoms with Crippen molar-refractivity contribution in [3.8, 4) is 11.5 Å². The SMILES string of the molecule is CCOc1cccc(CNC(=NC)NCc2ccc(F)c(COC)c2)c1OC(F)F. The summed E-state index contributed by atoms with van der Waals surface area (Å²) >= 11 is 0. The fourth-order valence-electron chi connectivity index (χ4n) is 2.78. The molecule has 0 heterocycles. The van der Waals surface area contributed by atoms with Gasteiger partial charge >= 0.3 is 6.61 Å². The van der Waals surface area contributed by atoms with Crippen LogP contribution in [0.5, 0.6) is 11.5 Å². The lowest BCUT2D eigenvalue weighted by Crippen LogP contribution is -2.36. The first kappa shape index (κ1) is 23.3. The lowest BCUT2D eigenvalue weighted by Gasteiger charge is -2.17. The van der Waals surface area contributed by atoms with Gasteiger partial charge in [-0.15, -0.1) is 0 Å². The second-order valence-electron chi connectivity index (χ2n) is 6.19. The maximum Gasteiger partial charge on any atom is 0.387 e. The summed E-state index contributed by atoms with van der Waals surface area (Å²) in [7, 11) is 3.09. The van der Waals surface area contributed by atoms with Gasteiger partial charge in [0.25, 0.3) is 0 Å². The number of halogens is 3. The number of guanidine groups is 1. The van der Waals surface area contributed by atoms with Gasteiger partial charge in [0.1, 0.15) is 5.82 Å². The van der Waals surface area contributed by atoms with Crippen LogP contribution in [0.4, 0.5) is 13.2 Å². The summed E-state index contributed by atoms with van der Waals surface area (Å²) in [5, 5.41) is 6.15. The highest BCUT2D eigenvalue weighted by Crippen LogP contribution is 2.32. The Morgan fingerprint density at radius 3 is 2.53 bits per heavy atom. The fraction of sp³-hybridized carbons (Fsp3) is 0.381. The highest BCUT2D eigenvalue weighted by atomic mass is 19.3. The molecule has 2 N–H and O–H groups in total. The van der Waals surface area contributed by atoms with Crippen LogP contribution in [0.3, 0.4) is 0 Å². The topological polar surface area (TPSA) is 64.1 Å². The Kier molecular flexibility index (Phi) is 9.27. The van der Waals surface area contributed by atoms with Crippen molar-refractivity contribution in [3.05, 3.63) is 58.9 Å². The van der Waals surface area contributed by atoms with E-state index in [9.17, 15) is 13.2 Å². The fourth-order valence-corrected chi connectivity index (χ4v) is 2.78. The number of alkyl halides is 2. The quantitative estimate of drug-likeness (QED) is 0.447. The number of para-hydroxylation sites is 1. The van der Waals surface area contributed by atoms with Crippen molar-refractivity contribution in [1.29, 1.82) is 0 Å². The second-order valence-corrected chi connectivity index (χ2v) is 6.19. The van der Waals surface area contributed by atoms with Crippen LogP contribution in [-0.4, -0.2) is 33.3 Å². The van der Waals surface area contributed by atoms with Crippen molar-refractivity contribution in [2.45, 2.75) is 33.2 Å². The third-order valence-electron chi connectivity index (χ3n) is 4.11. The maximum absolute atomic E-state index is 13.7. The maximum atomic E-state index is 13.7. The largest absolute Gasteiger partial charge is 0.490 e. The van der Waals surface area contributed by atoms with Gasteiger partial charge in [-0.2, -0.15) is 8.78 Å². The highest BCUT2D eigenvalue weighted by Gasteiger charge is 2.16. The number of hydrogen-bond donors (Lipinski definition) is 2. The van der Waals surface area contributed by atoms with Crippen LogP contribution >= 0.6 is 0 Å². The third-order valence-corrected chi connectivity index (χ3v) is 4.11. The van der Waals surface area contributed by atoms with E-state index in [2.05, 4.69) is 20.4 Å². The van der Waals surface area contributed by atoms with Crippen LogP contribution in [0, 0.1) is 5.82 Å². The van der Waals surface area contributed by atoms with Crippen LogP contribution < -0.4 is 20.1 Å². The predicted octanol–water partition coefficient (Wildman–Crippen LogP) is 3.84. The summed E-state index contributed by atoms with van der Waals surface area (Å²) in [6.07, 6.45) is 0. The first-order chi connectivity index (χ1) is 14.5. The number of nitrogens with one attached hydrogen (secondary N) is 2. The summed E-state index contributed by atoms with van der Waals surface area (Å²) in [6.45, 7) is -0.145. The van der Waals surface area contributed by atoms with Gasteiger partial charge < -0.3 is 24.8 Å². The van der Waals surface area contributed by atoms with Crippen molar-refractivity contribution in [2.24, 2.45) is 4.99 Å². The minimum absolute atomic E-state index is 0.0138. The zero-order valence-corrected chi connectivity index (χ0v) is 17.2. The first-order valence-corrected chi connectivity index (χ1v) is 9.38. The molecular weight excluding hydrogens is 399 g/mol. The molecule has 6 nitrogen and oxygen atoms in total. The molecule has 0 saturated carbocycles. The molecule has 0 radical (unpaired) electrons. The predicted molar refractivity (Wildman–Crippen MR) is 108 cm³/mol. The normalized spacial score (nSPS) is 11.5. The summed E-state index contributed by atoms with van der Waals surface area (Å²) in [5.41, 5.74) is 1.79. The van der Waals surface area contributed by atoms with Crippen LogP contribution in [-0.2, 0) is 24.4 Å². The number of hydrogen-bond acceptors (Lipinski definition) is 4. The molecule has 0 bridgehead atoms. The highest BCUT2D eigenvalue weighted by molar-refractivity contribution is 5.79.